The zero-order valence-corrected chi connectivity index (χ0v) is 14.7. The minimum Gasteiger partial charge on any atom is -0.491 e. The van der Waals surface area contributed by atoms with Crippen LogP contribution in [-0.4, -0.2) is 32.3 Å². The van der Waals surface area contributed by atoms with E-state index in [9.17, 15) is 8.42 Å². The Balaban J connectivity index is 1.85. The summed E-state index contributed by atoms with van der Waals surface area (Å²) < 4.78 is 34.0. The Morgan fingerprint density at radius 3 is 2.62 bits per heavy atom. The molecule has 126 valence electrons. The third kappa shape index (κ3) is 3.28. The number of fused-ring (bicyclic) bond motifs is 1. The number of hydrogen-bond acceptors (Lipinski definition) is 4. The molecule has 1 aliphatic heterocycles. The molecule has 0 saturated heterocycles. The molecule has 0 aromatic heterocycles. The molecule has 0 spiro atoms. The molecule has 0 atom stereocenters. The molecule has 0 N–H and O–H groups in total. The van der Waals surface area contributed by atoms with Crippen molar-refractivity contribution >= 4 is 15.9 Å². The van der Waals surface area contributed by atoms with Gasteiger partial charge in [0.25, 0.3) is 10.0 Å². The molecule has 0 amide bonds. The smallest absolute Gasteiger partial charge is 0.285 e. The average molecular weight is 344 g/mol. The van der Waals surface area contributed by atoms with Gasteiger partial charge in [-0.1, -0.05) is 24.3 Å². The molecule has 2 aromatic rings. The Kier molecular flexibility index (Phi) is 4.32. The van der Waals surface area contributed by atoms with Gasteiger partial charge in [0.15, 0.2) is 5.84 Å². The van der Waals surface area contributed by atoms with Gasteiger partial charge in [-0.25, -0.2) is 0 Å². The van der Waals surface area contributed by atoms with Crippen LogP contribution >= 0.6 is 0 Å². The highest BCUT2D eigenvalue weighted by Gasteiger charge is 2.30. The zero-order chi connectivity index (χ0) is 17.3. The maximum atomic E-state index is 12.2. The highest BCUT2D eigenvalue weighted by atomic mass is 32.2. The monoisotopic (exact) mass is 344 g/mol. The minimum atomic E-state index is -3.59. The van der Waals surface area contributed by atoms with Crippen LogP contribution in [0.2, 0.25) is 0 Å². The molecule has 24 heavy (non-hydrogen) atoms. The first-order chi connectivity index (χ1) is 11.4. The van der Waals surface area contributed by atoms with Crippen LogP contribution in [-0.2, 0) is 16.6 Å². The van der Waals surface area contributed by atoms with Crippen LogP contribution < -0.4 is 4.74 Å². The van der Waals surface area contributed by atoms with E-state index in [2.05, 4.69) is 4.40 Å². The predicted molar refractivity (Wildman–Crippen MR) is 93.8 cm³/mol. The van der Waals surface area contributed by atoms with E-state index in [-0.39, 0.29) is 11.0 Å². The van der Waals surface area contributed by atoms with Crippen LogP contribution in [0.1, 0.15) is 25.0 Å². The average Bonchev–Trinajstić information content (AvgIpc) is 2.79. The summed E-state index contributed by atoms with van der Waals surface area (Å²) >= 11 is 0. The second-order valence-electron chi connectivity index (χ2n) is 6.06. The fraction of sp³-hybridized carbons (Fsp3) is 0.278. The minimum absolute atomic E-state index is 0.106. The summed E-state index contributed by atoms with van der Waals surface area (Å²) in [4.78, 5) is 2.11. The normalized spacial score (nSPS) is 15.1. The molecular weight excluding hydrogens is 324 g/mol. The largest absolute Gasteiger partial charge is 0.491 e. The first-order valence-electron chi connectivity index (χ1n) is 7.78. The molecule has 0 unspecified atom stereocenters. The summed E-state index contributed by atoms with van der Waals surface area (Å²) in [6.07, 6.45) is 0.106. The molecule has 0 aliphatic carbocycles. The van der Waals surface area contributed by atoms with Crippen molar-refractivity contribution in [2.45, 2.75) is 31.4 Å². The second-order valence-corrected chi connectivity index (χ2v) is 7.63. The summed E-state index contributed by atoms with van der Waals surface area (Å²) in [6.45, 7) is 4.50. The van der Waals surface area contributed by atoms with Crippen molar-refractivity contribution < 1.29 is 13.2 Å². The second kappa shape index (κ2) is 6.28. The van der Waals surface area contributed by atoms with Gasteiger partial charge in [-0.15, -0.1) is 4.40 Å². The molecule has 0 fully saturated rings. The van der Waals surface area contributed by atoms with Crippen molar-refractivity contribution in [1.82, 2.24) is 4.90 Å². The lowest BCUT2D eigenvalue weighted by Crippen LogP contribution is -2.26. The number of rotatable bonds is 4. The number of hydrogen-bond donors (Lipinski definition) is 0. The third-order valence-corrected chi connectivity index (χ3v) is 4.99. The highest BCUT2D eigenvalue weighted by Crippen LogP contribution is 2.27. The first-order valence-corrected chi connectivity index (χ1v) is 9.22. The maximum absolute atomic E-state index is 12.2. The fourth-order valence-corrected chi connectivity index (χ4v) is 3.95. The van der Waals surface area contributed by atoms with Crippen LogP contribution in [0.5, 0.6) is 5.75 Å². The Morgan fingerprint density at radius 1 is 1.12 bits per heavy atom. The van der Waals surface area contributed by atoms with Gasteiger partial charge in [0.2, 0.25) is 0 Å². The summed E-state index contributed by atoms with van der Waals surface area (Å²) in [7, 11) is -1.75. The van der Waals surface area contributed by atoms with E-state index >= 15 is 0 Å². The standard InChI is InChI=1S/C18H20N2O3S/c1-13(2)23-15-8-6-7-14(11-15)12-20(3)18-16-9-4-5-10-17(16)24(21,22)19-18/h4-11,13H,12H2,1-3H3. The van der Waals surface area contributed by atoms with E-state index in [1.54, 1.807) is 18.2 Å². The van der Waals surface area contributed by atoms with Gasteiger partial charge in [-0.2, -0.15) is 8.42 Å². The maximum Gasteiger partial charge on any atom is 0.285 e. The number of ether oxygens (including phenoxy) is 1. The summed E-state index contributed by atoms with van der Waals surface area (Å²) in [5.41, 5.74) is 1.68. The van der Waals surface area contributed by atoms with Crippen molar-refractivity contribution in [2.24, 2.45) is 4.40 Å². The van der Waals surface area contributed by atoms with E-state index in [0.717, 1.165) is 11.3 Å². The number of benzene rings is 2. The lowest BCUT2D eigenvalue weighted by atomic mass is 10.1. The molecule has 0 radical (unpaired) electrons. The first kappa shape index (κ1) is 16.5. The van der Waals surface area contributed by atoms with Gasteiger partial charge in [-0.05, 0) is 43.7 Å². The van der Waals surface area contributed by atoms with Gasteiger partial charge in [0.05, 0.1) is 6.10 Å². The van der Waals surface area contributed by atoms with E-state index in [4.69, 9.17) is 4.74 Å². The van der Waals surface area contributed by atoms with Crippen molar-refractivity contribution in [3.63, 3.8) is 0 Å². The molecule has 1 aliphatic rings. The Hall–Kier alpha value is -2.34. The van der Waals surface area contributed by atoms with Crippen LogP contribution in [0.25, 0.3) is 0 Å². The molecule has 1 heterocycles. The summed E-state index contributed by atoms with van der Waals surface area (Å²) in [5, 5.41) is 0. The van der Waals surface area contributed by atoms with E-state index in [0.29, 0.717) is 17.9 Å². The fourth-order valence-electron chi connectivity index (χ4n) is 2.70. The molecular formula is C18H20N2O3S. The molecule has 3 rings (SSSR count). The van der Waals surface area contributed by atoms with E-state index in [1.807, 2.05) is 56.1 Å². The summed E-state index contributed by atoms with van der Waals surface area (Å²) in [5.74, 6) is 1.28. The molecule has 0 saturated carbocycles. The van der Waals surface area contributed by atoms with Gasteiger partial charge in [0.1, 0.15) is 10.6 Å². The number of nitrogens with zero attached hydrogens (tertiary/aromatic N) is 2. The molecule has 0 bridgehead atoms. The zero-order valence-electron chi connectivity index (χ0n) is 13.9. The molecule has 5 nitrogen and oxygen atoms in total. The highest BCUT2D eigenvalue weighted by molar-refractivity contribution is 7.90. The van der Waals surface area contributed by atoms with Crippen molar-refractivity contribution in [3.8, 4) is 5.75 Å². The van der Waals surface area contributed by atoms with Gasteiger partial charge in [-0.3, -0.25) is 0 Å². The van der Waals surface area contributed by atoms with Crippen molar-refractivity contribution in [1.29, 1.82) is 0 Å². The Bertz CT molecular complexity index is 889. The lowest BCUT2D eigenvalue weighted by Gasteiger charge is -2.20. The van der Waals surface area contributed by atoms with Crippen molar-refractivity contribution in [2.75, 3.05) is 7.05 Å². The van der Waals surface area contributed by atoms with Crippen LogP contribution in [0.15, 0.2) is 57.8 Å². The topological polar surface area (TPSA) is 59.0 Å². The third-order valence-electron chi connectivity index (χ3n) is 3.66. The lowest BCUT2D eigenvalue weighted by molar-refractivity contribution is 0.242. The SMILES string of the molecule is CC(C)Oc1cccc(CN(C)C2=NS(=O)(=O)c3ccccc32)c1. The molecule has 2 aromatic carbocycles. The van der Waals surface area contributed by atoms with E-state index < -0.39 is 10.0 Å². The van der Waals surface area contributed by atoms with Crippen LogP contribution in [0.4, 0.5) is 0 Å². The summed E-state index contributed by atoms with van der Waals surface area (Å²) in [6, 6.07) is 14.7. The Labute approximate surface area is 142 Å². The van der Waals surface area contributed by atoms with Crippen molar-refractivity contribution in [3.05, 3.63) is 59.7 Å². The quantitative estimate of drug-likeness (QED) is 0.855. The van der Waals surface area contributed by atoms with Crippen LogP contribution in [0, 0.1) is 0 Å². The van der Waals surface area contributed by atoms with E-state index in [1.165, 1.54) is 0 Å². The predicted octanol–water partition coefficient (Wildman–Crippen LogP) is 3.05. The number of amidine groups is 1. The molecule has 6 heteroatoms. The number of sulfonamides is 1. The van der Waals surface area contributed by atoms with Gasteiger partial charge < -0.3 is 9.64 Å². The van der Waals surface area contributed by atoms with Gasteiger partial charge in [0, 0.05) is 19.2 Å². The Morgan fingerprint density at radius 2 is 1.88 bits per heavy atom. The van der Waals surface area contributed by atoms with Gasteiger partial charge >= 0.3 is 0 Å². The van der Waals surface area contributed by atoms with Crippen LogP contribution in [0.3, 0.4) is 0 Å².